The monoisotopic (exact) mass is 140 g/mol. The Morgan fingerprint density at radius 2 is 1.30 bits per heavy atom. The highest BCUT2D eigenvalue weighted by Gasteiger charge is 2.28. The van der Waals surface area contributed by atoms with Crippen molar-refractivity contribution in [3.05, 3.63) is 0 Å². The molecule has 1 aliphatic carbocycles. The first-order valence-electron chi connectivity index (χ1n) is 4.88. The Balaban J connectivity index is 2.09. The van der Waals surface area contributed by atoms with Crippen molar-refractivity contribution in [2.24, 2.45) is 11.8 Å². The highest BCUT2D eigenvalue weighted by molar-refractivity contribution is 4.79. The zero-order valence-corrected chi connectivity index (χ0v) is 7.40. The van der Waals surface area contributed by atoms with Crippen LogP contribution < -0.4 is 0 Å². The van der Waals surface area contributed by atoms with Gasteiger partial charge in [0.2, 0.25) is 0 Å². The molecule has 0 saturated heterocycles. The van der Waals surface area contributed by atoms with Gasteiger partial charge in [0.1, 0.15) is 0 Å². The molecule has 0 aromatic rings. The van der Waals surface area contributed by atoms with Crippen molar-refractivity contribution < 1.29 is 0 Å². The summed E-state index contributed by atoms with van der Waals surface area (Å²) in [4.78, 5) is 0. The van der Waals surface area contributed by atoms with Crippen LogP contribution in [0.2, 0.25) is 0 Å². The van der Waals surface area contributed by atoms with Gasteiger partial charge in [0.15, 0.2) is 0 Å². The van der Waals surface area contributed by atoms with E-state index in [4.69, 9.17) is 0 Å². The van der Waals surface area contributed by atoms with Crippen LogP contribution in [0.15, 0.2) is 0 Å². The first-order valence-corrected chi connectivity index (χ1v) is 4.88. The maximum Gasteiger partial charge on any atom is -0.0386 e. The predicted octanol–water partition coefficient (Wildman–Crippen LogP) is 3.61. The van der Waals surface area contributed by atoms with Crippen LogP contribution in [0.25, 0.3) is 0 Å². The van der Waals surface area contributed by atoms with E-state index < -0.39 is 0 Å². The lowest BCUT2D eigenvalue weighted by Crippen LogP contribution is -2.25. The molecule has 0 heterocycles. The molecule has 0 spiro atoms. The number of hydrogen-bond donors (Lipinski definition) is 0. The van der Waals surface area contributed by atoms with Gasteiger partial charge in [-0.3, -0.25) is 0 Å². The molecular weight excluding hydrogens is 120 g/mol. The van der Waals surface area contributed by atoms with Gasteiger partial charge in [0, 0.05) is 0 Å². The molecular formula is C10H20. The van der Waals surface area contributed by atoms with E-state index >= 15 is 0 Å². The molecule has 0 amide bonds. The summed E-state index contributed by atoms with van der Waals surface area (Å²) in [6, 6.07) is 0. The quantitative estimate of drug-likeness (QED) is 0.559. The Kier molecular flexibility index (Phi) is 3.24. The summed E-state index contributed by atoms with van der Waals surface area (Å²) in [7, 11) is 0. The van der Waals surface area contributed by atoms with Gasteiger partial charge in [0.25, 0.3) is 0 Å². The Labute approximate surface area is 65.0 Å². The third-order valence-corrected chi connectivity index (χ3v) is 2.89. The molecule has 60 valence electrons. The van der Waals surface area contributed by atoms with E-state index in [2.05, 4.69) is 13.8 Å². The van der Waals surface area contributed by atoms with Crippen molar-refractivity contribution in [1.82, 2.24) is 0 Å². The van der Waals surface area contributed by atoms with E-state index in [0.29, 0.717) is 0 Å². The van der Waals surface area contributed by atoms with E-state index in [-0.39, 0.29) is 0 Å². The second-order valence-electron chi connectivity index (χ2n) is 3.67. The first-order chi connectivity index (χ1) is 4.88. The zero-order chi connectivity index (χ0) is 7.40. The van der Waals surface area contributed by atoms with Crippen molar-refractivity contribution >= 4 is 0 Å². The average molecular weight is 140 g/mol. The van der Waals surface area contributed by atoms with Crippen LogP contribution in [0.3, 0.4) is 0 Å². The minimum absolute atomic E-state index is 1.12. The average Bonchev–Trinajstić information content (AvgIpc) is 1.93. The highest BCUT2D eigenvalue weighted by atomic mass is 14.3. The van der Waals surface area contributed by atoms with Crippen LogP contribution in [0, 0.1) is 11.8 Å². The Bertz CT molecular complexity index is 74.0. The van der Waals surface area contributed by atoms with Gasteiger partial charge >= 0.3 is 0 Å². The van der Waals surface area contributed by atoms with Gasteiger partial charge in [-0.05, 0) is 24.7 Å². The van der Waals surface area contributed by atoms with Crippen LogP contribution in [0.4, 0.5) is 0 Å². The molecule has 1 fully saturated rings. The van der Waals surface area contributed by atoms with Crippen LogP contribution >= 0.6 is 0 Å². The minimum Gasteiger partial charge on any atom is -0.0654 e. The topological polar surface area (TPSA) is 0 Å². The number of rotatable bonds is 4. The maximum absolute atomic E-state index is 2.31. The SMILES string of the molecule is CCCC1CCC1CCC. The van der Waals surface area contributed by atoms with Crippen molar-refractivity contribution in [3.8, 4) is 0 Å². The largest absolute Gasteiger partial charge is 0.0654 e. The molecule has 0 aromatic heterocycles. The standard InChI is InChI=1S/C10H20/c1-3-5-9-7-8-10(9)6-4-2/h9-10H,3-8H2,1-2H3. The molecule has 2 atom stereocenters. The first kappa shape index (κ1) is 8.10. The van der Waals surface area contributed by atoms with Gasteiger partial charge in [-0.25, -0.2) is 0 Å². The molecule has 10 heavy (non-hydrogen) atoms. The maximum atomic E-state index is 2.31. The van der Waals surface area contributed by atoms with Crippen LogP contribution in [-0.2, 0) is 0 Å². The van der Waals surface area contributed by atoms with Gasteiger partial charge < -0.3 is 0 Å². The molecule has 0 heteroatoms. The molecule has 0 radical (unpaired) electrons. The summed E-state index contributed by atoms with van der Waals surface area (Å²) < 4.78 is 0. The number of hydrogen-bond acceptors (Lipinski definition) is 0. The van der Waals surface area contributed by atoms with Crippen LogP contribution in [-0.4, -0.2) is 0 Å². The zero-order valence-electron chi connectivity index (χ0n) is 7.40. The summed E-state index contributed by atoms with van der Waals surface area (Å²) in [5.41, 5.74) is 0. The predicted molar refractivity (Wildman–Crippen MR) is 46.0 cm³/mol. The Hall–Kier alpha value is 0. The Morgan fingerprint density at radius 3 is 1.50 bits per heavy atom. The third kappa shape index (κ3) is 1.74. The van der Waals surface area contributed by atoms with E-state index in [1.165, 1.54) is 38.5 Å². The summed E-state index contributed by atoms with van der Waals surface area (Å²) in [6.45, 7) is 4.61. The molecule has 0 N–H and O–H groups in total. The lowest BCUT2D eigenvalue weighted by Gasteiger charge is -2.36. The second kappa shape index (κ2) is 4.00. The molecule has 0 nitrogen and oxygen atoms in total. The van der Waals surface area contributed by atoms with Gasteiger partial charge in [-0.15, -0.1) is 0 Å². The van der Waals surface area contributed by atoms with E-state index in [1.54, 1.807) is 0 Å². The van der Waals surface area contributed by atoms with Crippen molar-refractivity contribution in [2.45, 2.75) is 52.4 Å². The second-order valence-corrected chi connectivity index (χ2v) is 3.67. The van der Waals surface area contributed by atoms with Crippen molar-refractivity contribution in [2.75, 3.05) is 0 Å². The lowest BCUT2D eigenvalue weighted by atomic mass is 9.69. The minimum atomic E-state index is 1.12. The van der Waals surface area contributed by atoms with Gasteiger partial charge in [0.05, 0.1) is 0 Å². The molecule has 1 rings (SSSR count). The summed E-state index contributed by atoms with van der Waals surface area (Å²) in [5, 5.41) is 0. The fraction of sp³-hybridized carbons (Fsp3) is 1.00. The van der Waals surface area contributed by atoms with Crippen LogP contribution in [0.1, 0.15) is 52.4 Å². The third-order valence-electron chi connectivity index (χ3n) is 2.89. The molecule has 1 saturated carbocycles. The van der Waals surface area contributed by atoms with Gasteiger partial charge in [-0.2, -0.15) is 0 Å². The summed E-state index contributed by atoms with van der Waals surface area (Å²) in [6.07, 6.45) is 8.82. The molecule has 1 aliphatic rings. The smallest absolute Gasteiger partial charge is 0.0386 e. The fourth-order valence-electron chi connectivity index (χ4n) is 2.14. The van der Waals surface area contributed by atoms with E-state index in [9.17, 15) is 0 Å². The highest BCUT2D eigenvalue weighted by Crippen LogP contribution is 2.40. The normalized spacial score (nSPS) is 31.8. The fourth-order valence-corrected chi connectivity index (χ4v) is 2.14. The molecule has 0 aromatic carbocycles. The van der Waals surface area contributed by atoms with E-state index in [1.807, 2.05) is 0 Å². The van der Waals surface area contributed by atoms with Crippen molar-refractivity contribution in [3.63, 3.8) is 0 Å². The van der Waals surface area contributed by atoms with Crippen LogP contribution in [0.5, 0.6) is 0 Å². The molecule has 0 aliphatic heterocycles. The lowest BCUT2D eigenvalue weighted by molar-refractivity contribution is 0.151. The Morgan fingerprint density at radius 1 is 0.900 bits per heavy atom. The van der Waals surface area contributed by atoms with Gasteiger partial charge in [-0.1, -0.05) is 39.5 Å². The summed E-state index contributed by atoms with van der Waals surface area (Å²) >= 11 is 0. The molecule has 0 bridgehead atoms. The molecule has 2 unspecified atom stereocenters. The summed E-state index contributed by atoms with van der Waals surface area (Å²) in [5.74, 6) is 2.23. The van der Waals surface area contributed by atoms with Crippen molar-refractivity contribution in [1.29, 1.82) is 0 Å². The van der Waals surface area contributed by atoms with E-state index in [0.717, 1.165) is 11.8 Å².